The van der Waals surface area contributed by atoms with E-state index >= 15 is 0 Å². The SMILES string of the molecule is COC(CNC(=O)c1cn[nH]n1)OC. The minimum atomic E-state index is -0.453. The Kier molecular flexibility index (Phi) is 4.02. The smallest absolute Gasteiger partial charge is 0.273 e. The summed E-state index contributed by atoms with van der Waals surface area (Å²) in [6.07, 6.45) is 0.884. The van der Waals surface area contributed by atoms with Gasteiger partial charge in [0.05, 0.1) is 12.7 Å². The molecule has 0 bridgehead atoms. The Morgan fingerprint density at radius 2 is 2.36 bits per heavy atom. The third-order valence-corrected chi connectivity index (χ3v) is 1.60. The Labute approximate surface area is 80.8 Å². The van der Waals surface area contributed by atoms with Crippen LogP contribution < -0.4 is 5.32 Å². The number of rotatable bonds is 5. The van der Waals surface area contributed by atoms with Gasteiger partial charge in [0, 0.05) is 14.2 Å². The van der Waals surface area contributed by atoms with E-state index in [-0.39, 0.29) is 18.1 Å². The van der Waals surface area contributed by atoms with Crippen LogP contribution in [0.1, 0.15) is 10.5 Å². The van der Waals surface area contributed by atoms with Crippen molar-refractivity contribution in [3.05, 3.63) is 11.9 Å². The lowest BCUT2D eigenvalue weighted by molar-refractivity contribution is -0.0974. The van der Waals surface area contributed by atoms with Crippen molar-refractivity contribution < 1.29 is 14.3 Å². The molecule has 1 aromatic heterocycles. The molecule has 1 rings (SSSR count). The van der Waals surface area contributed by atoms with Gasteiger partial charge >= 0.3 is 0 Å². The van der Waals surface area contributed by atoms with Crippen LogP contribution in [0.4, 0.5) is 0 Å². The van der Waals surface area contributed by atoms with Crippen molar-refractivity contribution in [2.45, 2.75) is 6.29 Å². The zero-order valence-corrected chi connectivity index (χ0v) is 7.98. The number of carbonyl (C=O) groups excluding carboxylic acids is 1. The second kappa shape index (κ2) is 5.30. The highest BCUT2D eigenvalue weighted by molar-refractivity contribution is 5.91. The third kappa shape index (κ3) is 2.79. The summed E-state index contributed by atoms with van der Waals surface area (Å²) in [6, 6.07) is 0. The lowest BCUT2D eigenvalue weighted by atomic mass is 10.4. The second-order valence-electron chi connectivity index (χ2n) is 2.47. The van der Waals surface area contributed by atoms with Crippen molar-refractivity contribution >= 4 is 5.91 Å². The van der Waals surface area contributed by atoms with E-state index in [4.69, 9.17) is 9.47 Å². The van der Waals surface area contributed by atoms with Crippen LogP contribution >= 0.6 is 0 Å². The highest BCUT2D eigenvalue weighted by atomic mass is 16.7. The van der Waals surface area contributed by atoms with Crippen LogP contribution in [0.25, 0.3) is 0 Å². The minimum absolute atomic E-state index is 0.232. The van der Waals surface area contributed by atoms with E-state index in [1.165, 1.54) is 20.4 Å². The monoisotopic (exact) mass is 200 g/mol. The van der Waals surface area contributed by atoms with Gasteiger partial charge in [-0.05, 0) is 0 Å². The van der Waals surface area contributed by atoms with E-state index in [1.54, 1.807) is 0 Å². The van der Waals surface area contributed by atoms with Gasteiger partial charge in [-0.1, -0.05) is 0 Å². The van der Waals surface area contributed by atoms with Gasteiger partial charge in [0.2, 0.25) is 0 Å². The Bertz CT molecular complexity index is 270. The molecule has 0 saturated heterocycles. The van der Waals surface area contributed by atoms with E-state index in [0.29, 0.717) is 0 Å². The lowest BCUT2D eigenvalue weighted by Gasteiger charge is -2.12. The van der Waals surface area contributed by atoms with Crippen LogP contribution in [0, 0.1) is 0 Å². The molecule has 0 aromatic carbocycles. The van der Waals surface area contributed by atoms with E-state index in [2.05, 4.69) is 20.7 Å². The van der Waals surface area contributed by atoms with Crippen molar-refractivity contribution in [2.24, 2.45) is 0 Å². The zero-order chi connectivity index (χ0) is 10.4. The van der Waals surface area contributed by atoms with Crippen LogP contribution in [0.15, 0.2) is 6.20 Å². The summed E-state index contributed by atoms with van der Waals surface area (Å²) in [6.45, 7) is 0.263. The van der Waals surface area contributed by atoms with Crippen molar-refractivity contribution in [1.82, 2.24) is 20.7 Å². The summed E-state index contributed by atoms with van der Waals surface area (Å²) < 4.78 is 9.77. The molecule has 78 valence electrons. The van der Waals surface area contributed by atoms with Crippen LogP contribution in [-0.4, -0.2) is 48.4 Å². The standard InChI is InChI=1S/C7H12N4O3/c1-13-6(14-2)4-8-7(12)5-3-9-11-10-5/h3,6H,4H2,1-2H3,(H,8,12)(H,9,10,11). The molecule has 0 aliphatic heterocycles. The predicted octanol–water partition coefficient (Wildman–Crippen LogP) is -0.847. The number of aromatic amines is 1. The lowest BCUT2D eigenvalue weighted by Crippen LogP contribution is -2.34. The first kappa shape index (κ1) is 10.6. The zero-order valence-electron chi connectivity index (χ0n) is 7.98. The Hall–Kier alpha value is -1.47. The number of methoxy groups -OCH3 is 2. The van der Waals surface area contributed by atoms with E-state index in [0.717, 1.165) is 0 Å². The van der Waals surface area contributed by atoms with Crippen LogP contribution in [0.5, 0.6) is 0 Å². The number of hydrogen-bond donors (Lipinski definition) is 2. The molecule has 7 nitrogen and oxygen atoms in total. The van der Waals surface area contributed by atoms with Crippen LogP contribution in [0.2, 0.25) is 0 Å². The topological polar surface area (TPSA) is 89.1 Å². The predicted molar refractivity (Wildman–Crippen MR) is 46.5 cm³/mol. The van der Waals surface area contributed by atoms with Crippen molar-refractivity contribution in [1.29, 1.82) is 0 Å². The normalized spacial score (nSPS) is 10.5. The number of hydrogen-bond acceptors (Lipinski definition) is 5. The van der Waals surface area contributed by atoms with Gasteiger partial charge < -0.3 is 14.8 Å². The molecular formula is C7H12N4O3. The summed E-state index contributed by atoms with van der Waals surface area (Å²) in [7, 11) is 2.99. The number of nitrogens with zero attached hydrogens (tertiary/aromatic N) is 2. The molecule has 14 heavy (non-hydrogen) atoms. The highest BCUT2D eigenvalue weighted by Crippen LogP contribution is 1.91. The first-order chi connectivity index (χ1) is 6.77. The molecule has 0 aliphatic rings. The average molecular weight is 200 g/mol. The molecule has 0 aliphatic carbocycles. The first-order valence-electron chi connectivity index (χ1n) is 3.97. The molecule has 0 saturated carbocycles. The Morgan fingerprint density at radius 1 is 1.64 bits per heavy atom. The molecule has 0 fully saturated rings. The second-order valence-corrected chi connectivity index (χ2v) is 2.47. The highest BCUT2D eigenvalue weighted by Gasteiger charge is 2.11. The van der Waals surface area contributed by atoms with Crippen molar-refractivity contribution in [3.63, 3.8) is 0 Å². The number of nitrogens with one attached hydrogen (secondary N) is 2. The molecular weight excluding hydrogens is 188 g/mol. The Balaban J connectivity index is 2.35. The fraction of sp³-hybridized carbons (Fsp3) is 0.571. The molecule has 1 amide bonds. The van der Waals surface area contributed by atoms with Gasteiger partial charge in [-0.15, -0.1) is 0 Å². The summed E-state index contributed by atoms with van der Waals surface area (Å²) in [5.74, 6) is -0.321. The summed E-state index contributed by atoms with van der Waals surface area (Å²) in [4.78, 5) is 11.3. The number of amides is 1. The number of carbonyl (C=O) groups is 1. The van der Waals surface area contributed by atoms with E-state index < -0.39 is 6.29 Å². The number of H-pyrrole nitrogens is 1. The van der Waals surface area contributed by atoms with E-state index in [9.17, 15) is 4.79 Å². The fourth-order valence-electron chi connectivity index (χ4n) is 0.840. The largest absolute Gasteiger partial charge is 0.354 e. The van der Waals surface area contributed by atoms with Gasteiger partial charge in [0.1, 0.15) is 0 Å². The number of aromatic nitrogens is 3. The van der Waals surface area contributed by atoms with Crippen molar-refractivity contribution in [2.75, 3.05) is 20.8 Å². The third-order valence-electron chi connectivity index (χ3n) is 1.60. The maximum atomic E-state index is 11.3. The first-order valence-corrected chi connectivity index (χ1v) is 3.97. The quantitative estimate of drug-likeness (QED) is 0.604. The fourth-order valence-corrected chi connectivity index (χ4v) is 0.840. The summed E-state index contributed by atoms with van der Waals surface area (Å²) >= 11 is 0. The molecule has 0 radical (unpaired) electrons. The molecule has 0 spiro atoms. The van der Waals surface area contributed by atoms with Crippen LogP contribution in [-0.2, 0) is 9.47 Å². The van der Waals surface area contributed by atoms with Crippen LogP contribution in [0.3, 0.4) is 0 Å². The molecule has 2 N–H and O–H groups in total. The number of ether oxygens (including phenoxy) is 2. The molecule has 1 heterocycles. The van der Waals surface area contributed by atoms with Gasteiger partial charge in [0.25, 0.3) is 5.91 Å². The minimum Gasteiger partial charge on any atom is -0.354 e. The Morgan fingerprint density at radius 3 is 2.86 bits per heavy atom. The molecule has 7 heteroatoms. The summed E-state index contributed by atoms with van der Waals surface area (Å²) in [5, 5.41) is 12.0. The van der Waals surface area contributed by atoms with Gasteiger partial charge in [-0.3, -0.25) is 4.79 Å². The van der Waals surface area contributed by atoms with Gasteiger partial charge in [-0.25, -0.2) is 0 Å². The molecule has 0 unspecified atom stereocenters. The maximum absolute atomic E-state index is 11.3. The maximum Gasteiger partial charge on any atom is 0.273 e. The summed E-state index contributed by atoms with van der Waals surface area (Å²) in [5.41, 5.74) is 0.232. The van der Waals surface area contributed by atoms with E-state index in [1.807, 2.05) is 0 Å². The molecule has 1 aromatic rings. The average Bonchev–Trinajstić information content (AvgIpc) is 2.72. The molecule has 0 atom stereocenters. The van der Waals surface area contributed by atoms with Gasteiger partial charge in [-0.2, -0.15) is 15.4 Å². The van der Waals surface area contributed by atoms with Crippen molar-refractivity contribution in [3.8, 4) is 0 Å². The van der Waals surface area contributed by atoms with Gasteiger partial charge in [0.15, 0.2) is 12.0 Å².